The highest BCUT2D eigenvalue weighted by Crippen LogP contribution is 2.36. The molecule has 28 heavy (non-hydrogen) atoms. The Morgan fingerprint density at radius 2 is 1.89 bits per heavy atom. The van der Waals surface area contributed by atoms with Gasteiger partial charge in [-0.25, -0.2) is 0 Å². The van der Waals surface area contributed by atoms with Gasteiger partial charge in [0.15, 0.2) is 17.3 Å². The van der Waals surface area contributed by atoms with E-state index in [1.165, 1.54) is 0 Å². The zero-order valence-electron chi connectivity index (χ0n) is 15.3. The topological polar surface area (TPSA) is 80.0 Å². The standard InChI is InChI=1S/C21H19NO6/c1-24-17-6-2-14(3-7-17)4-9-21(23)25-12-16-11-19(28-22-16)15-5-8-18-20(10-15)27-13-26-18/h2-3,5-8,10-11H,4,9,12-13H2,1H3. The van der Waals surface area contributed by atoms with Crippen LogP contribution in [-0.4, -0.2) is 25.0 Å². The maximum Gasteiger partial charge on any atom is 0.306 e. The van der Waals surface area contributed by atoms with Crippen LogP contribution in [-0.2, 0) is 22.6 Å². The molecule has 0 atom stereocenters. The van der Waals surface area contributed by atoms with E-state index in [9.17, 15) is 4.79 Å². The zero-order valence-corrected chi connectivity index (χ0v) is 15.3. The third-order valence-corrected chi connectivity index (χ3v) is 4.37. The van der Waals surface area contributed by atoms with Crippen LogP contribution in [0, 0.1) is 0 Å². The monoisotopic (exact) mass is 381 g/mol. The van der Waals surface area contributed by atoms with Gasteiger partial charge in [-0.3, -0.25) is 4.79 Å². The first-order valence-corrected chi connectivity index (χ1v) is 8.85. The first kappa shape index (κ1) is 17.9. The Morgan fingerprint density at radius 3 is 2.71 bits per heavy atom. The van der Waals surface area contributed by atoms with Crippen LogP contribution in [0.2, 0.25) is 0 Å². The first-order chi connectivity index (χ1) is 13.7. The van der Waals surface area contributed by atoms with Crippen LogP contribution in [0.25, 0.3) is 11.3 Å². The van der Waals surface area contributed by atoms with Crippen LogP contribution < -0.4 is 14.2 Å². The number of carbonyl (C=O) groups is 1. The molecule has 0 amide bonds. The highest BCUT2D eigenvalue weighted by Gasteiger charge is 2.16. The highest BCUT2D eigenvalue weighted by molar-refractivity contribution is 5.69. The molecule has 0 saturated heterocycles. The van der Waals surface area contributed by atoms with Gasteiger partial charge in [0.1, 0.15) is 18.1 Å². The summed E-state index contributed by atoms with van der Waals surface area (Å²) in [7, 11) is 1.62. The van der Waals surface area contributed by atoms with Gasteiger partial charge < -0.3 is 23.5 Å². The minimum absolute atomic E-state index is 0.0650. The van der Waals surface area contributed by atoms with Crippen LogP contribution in [0.5, 0.6) is 17.2 Å². The van der Waals surface area contributed by atoms with Crippen molar-refractivity contribution in [2.45, 2.75) is 19.4 Å². The van der Waals surface area contributed by atoms with Crippen LogP contribution in [0.4, 0.5) is 0 Å². The fourth-order valence-corrected chi connectivity index (χ4v) is 2.83. The van der Waals surface area contributed by atoms with E-state index in [2.05, 4.69) is 5.16 Å². The van der Waals surface area contributed by atoms with E-state index in [0.29, 0.717) is 35.8 Å². The molecule has 2 aromatic carbocycles. The van der Waals surface area contributed by atoms with E-state index in [4.69, 9.17) is 23.5 Å². The number of aryl methyl sites for hydroxylation is 1. The molecule has 1 aliphatic rings. The number of aromatic nitrogens is 1. The summed E-state index contributed by atoms with van der Waals surface area (Å²) in [6.07, 6.45) is 0.892. The van der Waals surface area contributed by atoms with Gasteiger partial charge in [0.2, 0.25) is 6.79 Å². The molecule has 1 aromatic heterocycles. The predicted octanol–water partition coefficient (Wildman–Crippen LogP) is 3.75. The second-order valence-electron chi connectivity index (χ2n) is 6.26. The lowest BCUT2D eigenvalue weighted by Crippen LogP contribution is -2.06. The molecule has 0 fully saturated rings. The van der Waals surface area contributed by atoms with Crippen LogP contribution in [0.15, 0.2) is 53.1 Å². The lowest BCUT2D eigenvalue weighted by Gasteiger charge is -2.04. The number of esters is 1. The van der Waals surface area contributed by atoms with E-state index in [0.717, 1.165) is 16.9 Å². The Hall–Kier alpha value is -3.48. The maximum absolute atomic E-state index is 12.0. The van der Waals surface area contributed by atoms with Crippen LogP contribution >= 0.6 is 0 Å². The summed E-state index contributed by atoms with van der Waals surface area (Å²) in [6, 6.07) is 14.9. The summed E-state index contributed by atoms with van der Waals surface area (Å²) < 4.78 is 26.4. The number of methoxy groups -OCH3 is 1. The number of rotatable bonds is 7. The molecule has 7 nitrogen and oxygen atoms in total. The fraction of sp³-hybridized carbons (Fsp3) is 0.238. The van der Waals surface area contributed by atoms with Crippen molar-refractivity contribution in [3.05, 3.63) is 59.8 Å². The highest BCUT2D eigenvalue weighted by atomic mass is 16.7. The lowest BCUT2D eigenvalue weighted by molar-refractivity contribution is -0.145. The van der Waals surface area contributed by atoms with E-state index < -0.39 is 0 Å². The molecule has 0 spiro atoms. The molecule has 0 bridgehead atoms. The summed E-state index contributed by atoms with van der Waals surface area (Å²) in [5, 5.41) is 3.96. The Balaban J connectivity index is 1.28. The van der Waals surface area contributed by atoms with Crippen LogP contribution in [0.3, 0.4) is 0 Å². The second kappa shape index (κ2) is 8.04. The smallest absolute Gasteiger partial charge is 0.306 e. The molecule has 4 rings (SSSR count). The number of carbonyl (C=O) groups excluding carboxylic acids is 1. The van der Waals surface area contributed by atoms with Gasteiger partial charge in [-0.1, -0.05) is 17.3 Å². The van der Waals surface area contributed by atoms with Gasteiger partial charge in [0.05, 0.1) is 7.11 Å². The third-order valence-electron chi connectivity index (χ3n) is 4.37. The molecule has 7 heteroatoms. The second-order valence-corrected chi connectivity index (χ2v) is 6.26. The van der Waals surface area contributed by atoms with Crippen molar-refractivity contribution in [3.8, 4) is 28.6 Å². The number of fused-ring (bicyclic) bond motifs is 1. The van der Waals surface area contributed by atoms with Crippen molar-refractivity contribution in [2.75, 3.05) is 13.9 Å². The largest absolute Gasteiger partial charge is 0.497 e. The van der Waals surface area contributed by atoms with Crippen molar-refractivity contribution in [1.82, 2.24) is 5.16 Å². The molecular weight excluding hydrogens is 362 g/mol. The summed E-state index contributed by atoms with van der Waals surface area (Å²) in [5.74, 6) is 2.44. The van der Waals surface area contributed by atoms with E-state index in [1.807, 2.05) is 42.5 Å². The van der Waals surface area contributed by atoms with Gasteiger partial charge in [-0.05, 0) is 42.3 Å². The van der Waals surface area contributed by atoms with Gasteiger partial charge >= 0.3 is 5.97 Å². The Morgan fingerprint density at radius 1 is 1.07 bits per heavy atom. The molecule has 0 unspecified atom stereocenters. The van der Waals surface area contributed by atoms with Gasteiger partial charge in [0, 0.05) is 18.1 Å². The average Bonchev–Trinajstić information content (AvgIpc) is 3.39. The SMILES string of the molecule is COc1ccc(CCC(=O)OCc2cc(-c3ccc4c(c3)OCO4)on2)cc1. The van der Waals surface area contributed by atoms with Crippen molar-refractivity contribution < 1.29 is 28.3 Å². The zero-order chi connectivity index (χ0) is 19.3. The summed E-state index contributed by atoms with van der Waals surface area (Å²) >= 11 is 0. The quantitative estimate of drug-likeness (QED) is 0.577. The number of nitrogens with zero attached hydrogens (tertiary/aromatic N) is 1. The minimum Gasteiger partial charge on any atom is -0.497 e. The molecule has 3 aromatic rings. The third kappa shape index (κ3) is 4.09. The molecule has 0 radical (unpaired) electrons. The number of hydrogen-bond donors (Lipinski definition) is 0. The summed E-state index contributed by atoms with van der Waals surface area (Å²) in [5.41, 5.74) is 2.41. The molecular formula is C21H19NO6. The normalized spacial score (nSPS) is 12.0. The summed E-state index contributed by atoms with van der Waals surface area (Å²) in [4.78, 5) is 12.0. The molecule has 2 heterocycles. The Labute approximate surface area is 161 Å². The van der Waals surface area contributed by atoms with E-state index in [-0.39, 0.29) is 19.4 Å². The van der Waals surface area contributed by atoms with Crippen LogP contribution in [0.1, 0.15) is 17.7 Å². The van der Waals surface area contributed by atoms with E-state index >= 15 is 0 Å². The van der Waals surface area contributed by atoms with E-state index in [1.54, 1.807) is 13.2 Å². The molecule has 0 N–H and O–H groups in total. The van der Waals surface area contributed by atoms with Crippen molar-refractivity contribution in [3.63, 3.8) is 0 Å². The Bertz CT molecular complexity index is 963. The molecule has 144 valence electrons. The predicted molar refractivity (Wildman–Crippen MR) is 99.2 cm³/mol. The molecule has 1 aliphatic heterocycles. The first-order valence-electron chi connectivity index (χ1n) is 8.85. The van der Waals surface area contributed by atoms with Crippen molar-refractivity contribution >= 4 is 5.97 Å². The Kier molecular flexibility index (Phi) is 5.14. The number of ether oxygens (including phenoxy) is 4. The van der Waals surface area contributed by atoms with Crippen molar-refractivity contribution in [1.29, 1.82) is 0 Å². The minimum atomic E-state index is -0.288. The lowest BCUT2D eigenvalue weighted by atomic mass is 10.1. The van der Waals surface area contributed by atoms with Crippen molar-refractivity contribution in [2.24, 2.45) is 0 Å². The molecule has 0 aliphatic carbocycles. The summed E-state index contributed by atoms with van der Waals surface area (Å²) in [6.45, 7) is 0.280. The average molecular weight is 381 g/mol. The molecule has 0 saturated carbocycles. The fourth-order valence-electron chi connectivity index (χ4n) is 2.83. The van der Waals surface area contributed by atoms with Gasteiger partial charge in [-0.2, -0.15) is 0 Å². The number of benzene rings is 2. The van der Waals surface area contributed by atoms with Gasteiger partial charge in [0.25, 0.3) is 0 Å². The van der Waals surface area contributed by atoms with Gasteiger partial charge in [-0.15, -0.1) is 0 Å². The maximum atomic E-state index is 12.0. The number of hydrogen-bond acceptors (Lipinski definition) is 7.